The standard InChI is InChI=1S/C17H13ClN2O3/c1-3-11-4-6-13(7-5-11)20-17(22)14-8-12(18)9-15(23-2)16(14)19-10-21/h1,4-10H,2H3,(H,19,21)(H,20,22). The maximum Gasteiger partial charge on any atom is 0.257 e. The molecule has 2 aromatic carbocycles. The normalized spacial score (nSPS) is 9.61. The van der Waals surface area contributed by atoms with E-state index >= 15 is 0 Å². The molecule has 2 N–H and O–H groups in total. The van der Waals surface area contributed by atoms with Gasteiger partial charge in [-0.25, -0.2) is 0 Å². The molecular formula is C17H13ClN2O3. The summed E-state index contributed by atoms with van der Waals surface area (Å²) >= 11 is 5.99. The number of hydrogen-bond acceptors (Lipinski definition) is 3. The smallest absolute Gasteiger partial charge is 0.257 e. The first-order valence-corrected chi connectivity index (χ1v) is 6.92. The van der Waals surface area contributed by atoms with Gasteiger partial charge in [-0.1, -0.05) is 17.5 Å². The summed E-state index contributed by atoms with van der Waals surface area (Å²) in [6, 6.07) is 9.73. The van der Waals surface area contributed by atoms with Crippen LogP contribution in [0.3, 0.4) is 0 Å². The van der Waals surface area contributed by atoms with Gasteiger partial charge in [-0.2, -0.15) is 0 Å². The van der Waals surface area contributed by atoms with Gasteiger partial charge in [0.05, 0.1) is 18.4 Å². The van der Waals surface area contributed by atoms with Gasteiger partial charge in [0.2, 0.25) is 6.41 Å². The van der Waals surface area contributed by atoms with E-state index in [0.717, 1.165) is 0 Å². The SMILES string of the molecule is C#Cc1ccc(NC(=O)c2cc(Cl)cc(OC)c2NC=O)cc1. The lowest BCUT2D eigenvalue weighted by Gasteiger charge is -2.14. The van der Waals surface area contributed by atoms with Crippen LogP contribution in [0.2, 0.25) is 5.02 Å². The van der Waals surface area contributed by atoms with Crippen LogP contribution in [0.5, 0.6) is 5.75 Å². The molecule has 23 heavy (non-hydrogen) atoms. The summed E-state index contributed by atoms with van der Waals surface area (Å²) in [6.45, 7) is 0. The van der Waals surface area contributed by atoms with Crippen LogP contribution in [0, 0.1) is 12.3 Å². The minimum Gasteiger partial charge on any atom is -0.494 e. The van der Waals surface area contributed by atoms with Crippen LogP contribution in [0.1, 0.15) is 15.9 Å². The zero-order chi connectivity index (χ0) is 16.8. The minimum atomic E-state index is -0.441. The predicted molar refractivity (Wildman–Crippen MR) is 90.0 cm³/mol. The Balaban J connectivity index is 2.35. The molecule has 0 radical (unpaired) electrons. The molecule has 0 aliphatic heterocycles. The third-order valence-corrected chi connectivity index (χ3v) is 3.26. The van der Waals surface area contributed by atoms with Gasteiger partial charge in [0.1, 0.15) is 5.75 Å². The molecule has 0 unspecified atom stereocenters. The maximum atomic E-state index is 12.5. The Kier molecular flexibility index (Phi) is 5.23. The molecule has 0 aliphatic carbocycles. The van der Waals surface area contributed by atoms with E-state index in [1.54, 1.807) is 24.3 Å². The van der Waals surface area contributed by atoms with E-state index in [1.807, 2.05) is 0 Å². The summed E-state index contributed by atoms with van der Waals surface area (Å²) in [7, 11) is 1.42. The average molecular weight is 329 g/mol. The number of ether oxygens (including phenoxy) is 1. The molecule has 0 spiro atoms. The second-order valence-electron chi connectivity index (χ2n) is 4.47. The van der Waals surface area contributed by atoms with E-state index in [2.05, 4.69) is 16.6 Å². The fraction of sp³-hybridized carbons (Fsp3) is 0.0588. The van der Waals surface area contributed by atoms with Crippen LogP contribution in [-0.2, 0) is 4.79 Å². The lowest BCUT2D eigenvalue weighted by atomic mass is 10.1. The quantitative estimate of drug-likeness (QED) is 0.654. The number of hydrogen-bond donors (Lipinski definition) is 2. The third-order valence-electron chi connectivity index (χ3n) is 3.04. The number of benzene rings is 2. The first-order valence-electron chi connectivity index (χ1n) is 6.54. The van der Waals surface area contributed by atoms with Crippen molar-refractivity contribution in [3.63, 3.8) is 0 Å². The first kappa shape index (κ1) is 16.4. The molecule has 2 amide bonds. The zero-order valence-corrected chi connectivity index (χ0v) is 13.0. The Morgan fingerprint density at radius 3 is 2.57 bits per heavy atom. The van der Waals surface area contributed by atoms with Crippen molar-refractivity contribution in [1.82, 2.24) is 0 Å². The molecule has 2 rings (SSSR count). The lowest BCUT2D eigenvalue weighted by Crippen LogP contribution is -2.15. The largest absolute Gasteiger partial charge is 0.494 e. The molecule has 0 heterocycles. The highest BCUT2D eigenvalue weighted by Crippen LogP contribution is 2.32. The summed E-state index contributed by atoms with van der Waals surface area (Å²) in [4.78, 5) is 23.2. The van der Waals surface area contributed by atoms with E-state index < -0.39 is 5.91 Å². The molecule has 5 nitrogen and oxygen atoms in total. The molecule has 116 valence electrons. The van der Waals surface area contributed by atoms with Crippen molar-refractivity contribution < 1.29 is 14.3 Å². The molecular weight excluding hydrogens is 316 g/mol. The van der Waals surface area contributed by atoms with Gasteiger partial charge in [0.15, 0.2) is 0 Å². The van der Waals surface area contributed by atoms with Crippen LogP contribution in [0.25, 0.3) is 0 Å². The van der Waals surface area contributed by atoms with Crippen LogP contribution in [0.15, 0.2) is 36.4 Å². The molecule has 6 heteroatoms. The van der Waals surface area contributed by atoms with Gasteiger partial charge in [0.25, 0.3) is 5.91 Å². The van der Waals surface area contributed by atoms with Gasteiger partial charge < -0.3 is 15.4 Å². The fourth-order valence-electron chi connectivity index (χ4n) is 1.98. The van der Waals surface area contributed by atoms with E-state index in [4.69, 9.17) is 22.8 Å². The van der Waals surface area contributed by atoms with Crippen molar-refractivity contribution in [1.29, 1.82) is 0 Å². The van der Waals surface area contributed by atoms with Crippen LogP contribution >= 0.6 is 11.6 Å². The number of halogens is 1. The first-order chi connectivity index (χ1) is 11.1. The number of carbonyl (C=O) groups is 2. The lowest BCUT2D eigenvalue weighted by molar-refractivity contribution is -0.105. The maximum absolute atomic E-state index is 12.5. The Morgan fingerprint density at radius 2 is 2.00 bits per heavy atom. The van der Waals surface area contributed by atoms with Crippen molar-refractivity contribution >= 4 is 35.3 Å². The summed E-state index contributed by atoms with van der Waals surface area (Å²) in [6.07, 6.45) is 5.75. The van der Waals surface area contributed by atoms with Crippen LogP contribution < -0.4 is 15.4 Å². The van der Waals surface area contributed by atoms with Gasteiger partial charge >= 0.3 is 0 Å². The van der Waals surface area contributed by atoms with Crippen molar-refractivity contribution in [2.45, 2.75) is 0 Å². The van der Waals surface area contributed by atoms with E-state index in [-0.39, 0.29) is 17.0 Å². The number of amides is 2. The minimum absolute atomic E-state index is 0.183. The Morgan fingerprint density at radius 1 is 1.30 bits per heavy atom. The summed E-state index contributed by atoms with van der Waals surface area (Å²) in [5.74, 6) is 2.34. The molecule has 0 atom stereocenters. The summed E-state index contributed by atoms with van der Waals surface area (Å²) < 4.78 is 5.14. The second kappa shape index (κ2) is 7.34. The molecule has 0 bridgehead atoms. The second-order valence-corrected chi connectivity index (χ2v) is 4.91. The average Bonchev–Trinajstić information content (AvgIpc) is 2.56. The number of terminal acetylenes is 1. The van der Waals surface area contributed by atoms with Gasteiger partial charge in [-0.3, -0.25) is 9.59 Å². The van der Waals surface area contributed by atoms with Crippen molar-refractivity contribution in [3.8, 4) is 18.1 Å². The number of anilines is 2. The molecule has 0 saturated carbocycles. The highest BCUT2D eigenvalue weighted by molar-refractivity contribution is 6.31. The highest BCUT2D eigenvalue weighted by Gasteiger charge is 2.17. The van der Waals surface area contributed by atoms with Crippen molar-refractivity contribution in [2.24, 2.45) is 0 Å². The van der Waals surface area contributed by atoms with E-state index in [9.17, 15) is 9.59 Å². The van der Waals surface area contributed by atoms with Crippen LogP contribution in [-0.4, -0.2) is 19.4 Å². The third kappa shape index (κ3) is 3.82. The van der Waals surface area contributed by atoms with Crippen molar-refractivity contribution in [3.05, 3.63) is 52.5 Å². The van der Waals surface area contributed by atoms with Crippen LogP contribution in [0.4, 0.5) is 11.4 Å². The number of carbonyl (C=O) groups excluding carboxylic acids is 2. The zero-order valence-electron chi connectivity index (χ0n) is 12.2. The summed E-state index contributed by atoms with van der Waals surface area (Å²) in [5, 5.41) is 5.48. The van der Waals surface area contributed by atoms with Crippen molar-refractivity contribution in [2.75, 3.05) is 17.7 Å². The fourth-order valence-corrected chi connectivity index (χ4v) is 2.19. The van der Waals surface area contributed by atoms with E-state index in [0.29, 0.717) is 22.7 Å². The predicted octanol–water partition coefficient (Wildman–Crippen LogP) is 3.15. The molecule has 0 aromatic heterocycles. The molecule has 0 saturated heterocycles. The Bertz CT molecular complexity index is 780. The molecule has 0 aliphatic rings. The van der Waals surface area contributed by atoms with Gasteiger partial charge in [-0.05, 0) is 30.3 Å². The highest BCUT2D eigenvalue weighted by atomic mass is 35.5. The number of methoxy groups -OCH3 is 1. The Hall–Kier alpha value is -2.97. The topological polar surface area (TPSA) is 67.4 Å². The molecule has 2 aromatic rings. The van der Waals surface area contributed by atoms with Gasteiger partial charge in [-0.15, -0.1) is 6.42 Å². The number of nitrogens with one attached hydrogen (secondary N) is 2. The summed E-state index contributed by atoms with van der Waals surface area (Å²) in [5.41, 5.74) is 1.69. The monoisotopic (exact) mass is 328 g/mol. The van der Waals surface area contributed by atoms with Gasteiger partial charge in [0, 0.05) is 22.3 Å². The molecule has 0 fully saturated rings. The van der Waals surface area contributed by atoms with E-state index in [1.165, 1.54) is 19.2 Å². The number of rotatable bonds is 5. The Labute approximate surface area is 138 Å².